The normalized spacial score (nSPS) is 13.5. The van der Waals surface area contributed by atoms with Gasteiger partial charge in [0.1, 0.15) is 0 Å². The number of nitrogens with zero attached hydrogens (tertiary/aromatic N) is 1. The molecule has 2 amide bonds. The van der Waals surface area contributed by atoms with E-state index in [2.05, 4.69) is 12.2 Å². The highest BCUT2D eigenvalue weighted by atomic mass is 16.2. The smallest absolute Gasteiger partial charge is 0.261 e. The van der Waals surface area contributed by atoms with Gasteiger partial charge in [-0.25, -0.2) is 0 Å². The summed E-state index contributed by atoms with van der Waals surface area (Å²) in [5, 5.41) is 3.36. The van der Waals surface area contributed by atoms with Crippen LogP contribution in [0, 0.1) is 6.92 Å². The zero-order chi connectivity index (χ0) is 16.9. The van der Waals surface area contributed by atoms with Crippen molar-refractivity contribution >= 4 is 11.8 Å². The fourth-order valence-electron chi connectivity index (χ4n) is 2.81. The minimum Gasteiger partial charge on any atom is -0.313 e. The summed E-state index contributed by atoms with van der Waals surface area (Å²) >= 11 is 0. The Balaban J connectivity index is 1.63. The maximum Gasteiger partial charge on any atom is 0.261 e. The second-order valence-corrected chi connectivity index (χ2v) is 5.94. The molecule has 0 fully saturated rings. The van der Waals surface area contributed by atoms with Crippen LogP contribution in [-0.2, 0) is 13.1 Å². The average Bonchev–Trinajstić information content (AvgIpc) is 2.85. The maximum atomic E-state index is 12.4. The first-order valence-electron chi connectivity index (χ1n) is 8.23. The van der Waals surface area contributed by atoms with E-state index < -0.39 is 0 Å². The van der Waals surface area contributed by atoms with Crippen LogP contribution in [0.5, 0.6) is 0 Å². The second-order valence-electron chi connectivity index (χ2n) is 5.94. The molecular formula is C20H21N2O2. The lowest BCUT2D eigenvalue weighted by Crippen LogP contribution is -2.29. The summed E-state index contributed by atoms with van der Waals surface area (Å²) in [4.78, 5) is 26.1. The van der Waals surface area contributed by atoms with E-state index in [1.807, 2.05) is 24.3 Å². The van der Waals surface area contributed by atoms with Gasteiger partial charge in [-0.1, -0.05) is 49.7 Å². The second kappa shape index (κ2) is 7.41. The number of rotatable bonds is 7. The van der Waals surface area contributed by atoms with Crippen LogP contribution in [0.2, 0.25) is 0 Å². The van der Waals surface area contributed by atoms with Crippen molar-refractivity contribution in [1.82, 2.24) is 10.2 Å². The number of carbonyl (C=O) groups excluding carboxylic acids is 2. The average molecular weight is 321 g/mol. The summed E-state index contributed by atoms with van der Waals surface area (Å²) in [5.41, 5.74) is 3.12. The highest BCUT2D eigenvalue weighted by Crippen LogP contribution is 2.24. The molecule has 4 heteroatoms. The van der Waals surface area contributed by atoms with Gasteiger partial charge in [0.25, 0.3) is 11.8 Å². The molecule has 2 aromatic carbocycles. The molecule has 24 heavy (non-hydrogen) atoms. The third-order valence-corrected chi connectivity index (χ3v) is 4.17. The van der Waals surface area contributed by atoms with Crippen LogP contribution in [0.25, 0.3) is 0 Å². The Morgan fingerprint density at radius 2 is 1.46 bits per heavy atom. The minimum atomic E-state index is -0.213. The summed E-state index contributed by atoms with van der Waals surface area (Å²) in [6.07, 6.45) is 2.00. The molecule has 3 rings (SSSR count). The molecule has 0 aliphatic carbocycles. The molecule has 1 N–H and O–H groups in total. The molecule has 1 aliphatic rings. The molecule has 4 nitrogen and oxygen atoms in total. The van der Waals surface area contributed by atoms with Crippen LogP contribution in [0.1, 0.15) is 44.7 Å². The van der Waals surface area contributed by atoms with E-state index in [4.69, 9.17) is 0 Å². The zero-order valence-electron chi connectivity index (χ0n) is 13.6. The molecule has 1 heterocycles. The topological polar surface area (TPSA) is 49.4 Å². The van der Waals surface area contributed by atoms with Gasteiger partial charge < -0.3 is 5.32 Å². The number of imide groups is 1. The lowest BCUT2D eigenvalue weighted by atomic mass is 10.1. The lowest BCUT2D eigenvalue weighted by molar-refractivity contribution is 0.0642. The van der Waals surface area contributed by atoms with Crippen LogP contribution in [-0.4, -0.2) is 23.3 Å². The summed E-state index contributed by atoms with van der Waals surface area (Å²) < 4.78 is 0. The van der Waals surface area contributed by atoms with E-state index in [1.165, 1.54) is 10.5 Å². The van der Waals surface area contributed by atoms with Crippen LogP contribution < -0.4 is 5.32 Å². The number of carbonyl (C=O) groups is 2. The zero-order valence-corrected chi connectivity index (χ0v) is 13.6. The number of fused-ring (bicyclic) bond motifs is 1. The van der Waals surface area contributed by atoms with Crippen molar-refractivity contribution < 1.29 is 9.59 Å². The van der Waals surface area contributed by atoms with Gasteiger partial charge in [-0.3, -0.25) is 14.5 Å². The van der Waals surface area contributed by atoms with E-state index in [-0.39, 0.29) is 11.8 Å². The van der Waals surface area contributed by atoms with E-state index in [9.17, 15) is 9.59 Å². The fourth-order valence-corrected chi connectivity index (χ4v) is 2.81. The summed E-state index contributed by atoms with van der Waals surface area (Å²) in [5.74, 6) is -0.427. The van der Waals surface area contributed by atoms with E-state index in [0.29, 0.717) is 17.7 Å². The number of unbranched alkanes of at least 4 members (excludes halogenated alkanes) is 1. The highest BCUT2D eigenvalue weighted by molar-refractivity contribution is 6.21. The van der Waals surface area contributed by atoms with E-state index >= 15 is 0 Å². The van der Waals surface area contributed by atoms with Gasteiger partial charge in [-0.2, -0.15) is 0 Å². The van der Waals surface area contributed by atoms with Gasteiger partial charge in [-0.15, -0.1) is 0 Å². The first-order chi connectivity index (χ1) is 11.7. The predicted molar refractivity (Wildman–Crippen MR) is 93.4 cm³/mol. The maximum absolute atomic E-state index is 12.4. The molecule has 0 unspecified atom stereocenters. The summed E-state index contributed by atoms with van der Waals surface area (Å²) in [6, 6.07) is 15.0. The molecule has 0 atom stereocenters. The van der Waals surface area contributed by atoms with Gasteiger partial charge in [0.05, 0.1) is 17.7 Å². The molecule has 0 aromatic heterocycles. The van der Waals surface area contributed by atoms with Crippen molar-refractivity contribution in [3.8, 4) is 0 Å². The molecule has 123 valence electrons. The van der Waals surface area contributed by atoms with Crippen LogP contribution in [0.4, 0.5) is 0 Å². The van der Waals surface area contributed by atoms with Gasteiger partial charge in [0.2, 0.25) is 0 Å². The Kier molecular flexibility index (Phi) is 5.06. The Morgan fingerprint density at radius 3 is 2.04 bits per heavy atom. The third-order valence-electron chi connectivity index (χ3n) is 4.17. The summed E-state index contributed by atoms with van der Waals surface area (Å²) in [7, 11) is 0. The Morgan fingerprint density at radius 1 is 0.875 bits per heavy atom. The van der Waals surface area contributed by atoms with Crippen molar-refractivity contribution in [2.75, 3.05) is 6.54 Å². The standard InChI is InChI=1S/C20H21N2O2/c1-2-3-12-21-13-15-8-10-16(11-9-15)14-22-19(23)17-6-4-5-7-18(17)20(22)24/h4-11,21H,1-3,12-14H2. The van der Waals surface area contributed by atoms with E-state index in [1.54, 1.807) is 24.3 Å². The monoisotopic (exact) mass is 321 g/mol. The van der Waals surface area contributed by atoms with Crippen LogP contribution in [0.15, 0.2) is 48.5 Å². The molecule has 2 aromatic rings. The van der Waals surface area contributed by atoms with Crippen molar-refractivity contribution in [2.45, 2.75) is 25.9 Å². The lowest BCUT2D eigenvalue weighted by Gasteiger charge is -2.14. The first-order valence-corrected chi connectivity index (χ1v) is 8.23. The van der Waals surface area contributed by atoms with Gasteiger partial charge in [0.15, 0.2) is 0 Å². The number of hydrogen-bond acceptors (Lipinski definition) is 3. The SMILES string of the molecule is [CH2]CCCNCc1ccc(CN2C(=O)c3ccccc3C2=O)cc1. The predicted octanol–water partition coefficient (Wildman–Crippen LogP) is 3.19. The molecular weight excluding hydrogens is 300 g/mol. The molecule has 0 bridgehead atoms. The third kappa shape index (κ3) is 3.39. The molecule has 1 radical (unpaired) electrons. The first kappa shape index (κ1) is 16.4. The minimum absolute atomic E-state index is 0.213. The molecule has 0 spiro atoms. The van der Waals surface area contributed by atoms with Crippen molar-refractivity contribution in [2.24, 2.45) is 0 Å². The van der Waals surface area contributed by atoms with Crippen molar-refractivity contribution in [3.05, 3.63) is 77.7 Å². The van der Waals surface area contributed by atoms with E-state index in [0.717, 1.165) is 31.5 Å². The number of nitrogens with one attached hydrogen (secondary N) is 1. The van der Waals surface area contributed by atoms with Crippen LogP contribution in [0.3, 0.4) is 0 Å². The Hall–Kier alpha value is -2.46. The number of benzene rings is 2. The molecule has 0 saturated carbocycles. The molecule has 1 aliphatic heterocycles. The number of hydrogen-bond donors (Lipinski definition) is 1. The largest absolute Gasteiger partial charge is 0.313 e. The fraction of sp³-hybridized carbons (Fsp3) is 0.250. The van der Waals surface area contributed by atoms with Crippen molar-refractivity contribution in [3.63, 3.8) is 0 Å². The van der Waals surface area contributed by atoms with Gasteiger partial charge in [0, 0.05) is 6.54 Å². The van der Waals surface area contributed by atoms with Gasteiger partial charge >= 0.3 is 0 Å². The van der Waals surface area contributed by atoms with Crippen LogP contribution >= 0.6 is 0 Å². The van der Waals surface area contributed by atoms with Gasteiger partial charge in [-0.05, 0) is 36.2 Å². The Bertz CT molecular complexity index is 703. The quantitative estimate of drug-likeness (QED) is 0.629. The molecule has 0 saturated heterocycles. The highest BCUT2D eigenvalue weighted by Gasteiger charge is 2.34. The van der Waals surface area contributed by atoms with Crippen molar-refractivity contribution in [1.29, 1.82) is 0 Å². The summed E-state index contributed by atoms with van der Waals surface area (Å²) in [6.45, 7) is 5.90. The Labute approximate surface area is 142 Å². The number of amides is 2.